The SMILES string of the molecule is COc1cccc(C(=O)N2CCCCCCN(C(=O)c3cccc(C(F)(F)F)c3)Cc3ccccc32)c1. The van der Waals surface area contributed by atoms with Gasteiger partial charge in [-0.05, 0) is 60.9 Å². The minimum Gasteiger partial charge on any atom is -0.497 e. The van der Waals surface area contributed by atoms with Gasteiger partial charge in [0.25, 0.3) is 11.8 Å². The second kappa shape index (κ2) is 11.5. The van der Waals surface area contributed by atoms with Gasteiger partial charge >= 0.3 is 6.18 Å². The van der Waals surface area contributed by atoms with Crippen molar-refractivity contribution in [1.29, 1.82) is 0 Å². The largest absolute Gasteiger partial charge is 0.497 e. The second-order valence-corrected chi connectivity index (χ2v) is 9.04. The van der Waals surface area contributed by atoms with Crippen LogP contribution in [0, 0.1) is 0 Å². The van der Waals surface area contributed by atoms with Crippen LogP contribution in [0.3, 0.4) is 0 Å². The molecule has 3 aromatic rings. The van der Waals surface area contributed by atoms with Gasteiger partial charge in [-0.1, -0.05) is 43.2 Å². The van der Waals surface area contributed by atoms with Gasteiger partial charge in [-0.25, -0.2) is 0 Å². The maximum absolute atomic E-state index is 13.6. The van der Waals surface area contributed by atoms with Crippen LogP contribution in [0.5, 0.6) is 5.75 Å². The number of nitrogens with zero attached hydrogens (tertiary/aromatic N) is 2. The third kappa shape index (κ3) is 6.31. The van der Waals surface area contributed by atoms with Crippen molar-refractivity contribution in [1.82, 2.24) is 4.90 Å². The number of para-hydroxylation sites is 1. The van der Waals surface area contributed by atoms with Gasteiger partial charge in [-0.2, -0.15) is 13.2 Å². The highest BCUT2D eigenvalue weighted by molar-refractivity contribution is 6.06. The molecule has 2 amide bonds. The zero-order valence-corrected chi connectivity index (χ0v) is 20.6. The Hall–Kier alpha value is -3.81. The van der Waals surface area contributed by atoms with Crippen LogP contribution in [0.25, 0.3) is 0 Å². The molecule has 0 radical (unpaired) electrons. The van der Waals surface area contributed by atoms with Gasteiger partial charge in [0, 0.05) is 36.4 Å². The Morgan fingerprint density at radius 1 is 0.784 bits per heavy atom. The Bertz CT molecular complexity index is 1260. The number of ether oxygens (including phenoxy) is 1. The van der Waals surface area contributed by atoms with Crippen LogP contribution in [0.4, 0.5) is 18.9 Å². The van der Waals surface area contributed by atoms with Crippen molar-refractivity contribution < 1.29 is 27.5 Å². The molecule has 0 atom stereocenters. The summed E-state index contributed by atoms with van der Waals surface area (Å²) in [4.78, 5) is 30.3. The molecule has 1 aliphatic rings. The lowest BCUT2D eigenvalue weighted by atomic mass is 10.1. The van der Waals surface area contributed by atoms with Gasteiger partial charge in [0.15, 0.2) is 0 Å². The number of carbonyl (C=O) groups excluding carboxylic acids is 2. The minimum atomic E-state index is -4.53. The second-order valence-electron chi connectivity index (χ2n) is 9.04. The zero-order chi connectivity index (χ0) is 26.4. The average molecular weight is 511 g/mol. The van der Waals surface area contributed by atoms with Gasteiger partial charge in [-0.3, -0.25) is 9.59 Å². The molecule has 0 saturated heterocycles. The molecule has 0 spiro atoms. The van der Waals surface area contributed by atoms with E-state index in [1.54, 1.807) is 41.2 Å². The smallest absolute Gasteiger partial charge is 0.416 e. The first-order valence-electron chi connectivity index (χ1n) is 12.3. The quantitative estimate of drug-likeness (QED) is 0.400. The summed E-state index contributed by atoms with van der Waals surface area (Å²) in [5, 5.41) is 0. The number of alkyl halides is 3. The first kappa shape index (κ1) is 26.3. The van der Waals surface area contributed by atoms with Crippen molar-refractivity contribution in [2.45, 2.75) is 38.4 Å². The lowest BCUT2D eigenvalue weighted by Gasteiger charge is -2.28. The van der Waals surface area contributed by atoms with E-state index >= 15 is 0 Å². The van der Waals surface area contributed by atoms with Crippen LogP contribution < -0.4 is 9.64 Å². The molecule has 8 heteroatoms. The monoisotopic (exact) mass is 510 g/mol. The van der Waals surface area contributed by atoms with Crippen LogP contribution in [-0.2, 0) is 12.7 Å². The molecule has 0 saturated carbocycles. The summed E-state index contributed by atoms with van der Waals surface area (Å²) in [5.74, 6) is -0.0676. The van der Waals surface area contributed by atoms with Crippen molar-refractivity contribution in [3.8, 4) is 5.75 Å². The first-order valence-corrected chi connectivity index (χ1v) is 12.3. The van der Waals surface area contributed by atoms with Crippen molar-refractivity contribution in [3.63, 3.8) is 0 Å². The molecular weight excluding hydrogens is 481 g/mol. The number of amides is 2. The van der Waals surface area contributed by atoms with Crippen molar-refractivity contribution in [3.05, 3.63) is 95.1 Å². The number of fused-ring (bicyclic) bond motifs is 1. The summed E-state index contributed by atoms with van der Waals surface area (Å²) < 4.78 is 45.1. The average Bonchev–Trinajstić information content (AvgIpc) is 2.95. The fourth-order valence-electron chi connectivity index (χ4n) is 4.55. The molecule has 5 nitrogen and oxygen atoms in total. The van der Waals surface area contributed by atoms with Crippen LogP contribution >= 0.6 is 0 Å². The van der Waals surface area contributed by atoms with Crippen molar-refractivity contribution in [2.75, 3.05) is 25.1 Å². The summed E-state index contributed by atoms with van der Waals surface area (Å²) >= 11 is 0. The van der Waals surface area contributed by atoms with E-state index in [0.29, 0.717) is 30.1 Å². The summed E-state index contributed by atoms with van der Waals surface area (Å²) in [6, 6.07) is 18.9. The van der Waals surface area contributed by atoms with Gasteiger partial charge in [-0.15, -0.1) is 0 Å². The minimum absolute atomic E-state index is 0.00788. The molecule has 0 N–H and O–H groups in total. The molecule has 4 rings (SSSR count). The molecule has 37 heavy (non-hydrogen) atoms. The van der Waals surface area contributed by atoms with Gasteiger partial charge in [0.05, 0.1) is 12.7 Å². The number of methoxy groups -OCH3 is 1. The standard InChI is InChI=1S/C29H29F3N2O3/c1-37-25-14-9-12-22(19-25)28(36)34-17-7-3-2-6-16-33(20-23-10-4-5-15-26(23)34)27(35)21-11-8-13-24(18-21)29(30,31)32/h4-5,8-15,18-19H,2-3,6-7,16-17,20H2,1H3. The predicted molar refractivity (Wildman–Crippen MR) is 136 cm³/mol. The number of hydrogen-bond donors (Lipinski definition) is 0. The van der Waals surface area contributed by atoms with Crippen LogP contribution in [0.1, 0.15) is 57.5 Å². The van der Waals surface area contributed by atoms with Crippen LogP contribution in [0.15, 0.2) is 72.8 Å². The Balaban J connectivity index is 1.68. The van der Waals surface area contributed by atoms with E-state index < -0.39 is 17.6 Å². The van der Waals surface area contributed by atoms with E-state index in [9.17, 15) is 22.8 Å². The highest BCUT2D eigenvalue weighted by Gasteiger charge is 2.31. The number of anilines is 1. The molecule has 1 heterocycles. The Labute approximate surface area is 214 Å². The van der Waals surface area contributed by atoms with Gasteiger partial charge in [0.1, 0.15) is 5.75 Å². The summed E-state index contributed by atoms with van der Waals surface area (Å²) in [6.45, 7) is 1.09. The molecule has 0 bridgehead atoms. The number of carbonyl (C=O) groups is 2. The van der Waals surface area contributed by atoms with Gasteiger partial charge in [0.2, 0.25) is 0 Å². The molecule has 0 aliphatic carbocycles. The summed E-state index contributed by atoms with van der Waals surface area (Å²) in [6.07, 6.45) is -1.34. The van der Waals surface area contributed by atoms with Crippen molar-refractivity contribution >= 4 is 17.5 Å². The van der Waals surface area contributed by atoms with Gasteiger partial charge < -0.3 is 14.5 Å². The van der Waals surface area contributed by atoms with E-state index in [1.165, 1.54) is 12.1 Å². The third-order valence-electron chi connectivity index (χ3n) is 6.49. The number of rotatable bonds is 3. The highest BCUT2D eigenvalue weighted by atomic mass is 19.4. The zero-order valence-electron chi connectivity index (χ0n) is 20.6. The number of benzene rings is 3. The highest BCUT2D eigenvalue weighted by Crippen LogP contribution is 2.31. The predicted octanol–water partition coefficient (Wildman–Crippen LogP) is 6.58. The van der Waals surface area contributed by atoms with E-state index in [-0.39, 0.29) is 18.0 Å². The van der Waals surface area contributed by atoms with Crippen LogP contribution in [-0.4, -0.2) is 36.9 Å². The van der Waals surface area contributed by atoms with E-state index in [4.69, 9.17) is 4.74 Å². The first-order chi connectivity index (χ1) is 17.8. The lowest BCUT2D eigenvalue weighted by Crippen LogP contribution is -2.35. The van der Waals surface area contributed by atoms with Crippen LogP contribution in [0.2, 0.25) is 0 Å². The molecule has 3 aromatic carbocycles. The van der Waals surface area contributed by atoms with E-state index in [2.05, 4.69) is 0 Å². The summed E-state index contributed by atoms with van der Waals surface area (Å²) in [7, 11) is 1.54. The molecular formula is C29H29F3N2O3. The Morgan fingerprint density at radius 2 is 1.46 bits per heavy atom. The molecule has 194 valence electrons. The number of halogens is 3. The molecule has 0 fully saturated rings. The fourth-order valence-corrected chi connectivity index (χ4v) is 4.55. The number of hydrogen-bond acceptors (Lipinski definition) is 3. The maximum atomic E-state index is 13.6. The molecule has 0 unspecified atom stereocenters. The Kier molecular flexibility index (Phi) is 8.16. The van der Waals surface area contributed by atoms with Crippen molar-refractivity contribution in [2.24, 2.45) is 0 Å². The van der Waals surface area contributed by atoms with E-state index in [1.807, 2.05) is 24.3 Å². The topological polar surface area (TPSA) is 49.9 Å². The molecule has 1 aliphatic heterocycles. The van der Waals surface area contributed by atoms with E-state index in [0.717, 1.165) is 43.4 Å². The maximum Gasteiger partial charge on any atom is 0.416 e. The fraction of sp³-hybridized carbons (Fsp3) is 0.310. The Morgan fingerprint density at radius 3 is 2.19 bits per heavy atom. The third-order valence-corrected chi connectivity index (χ3v) is 6.49. The normalized spacial score (nSPS) is 14.9. The lowest BCUT2D eigenvalue weighted by molar-refractivity contribution is -0.137. The molecule has 0 aromatic heterocycles. The summed E-state index contributed by atoms with van der Waals surface area (Å²) in [5.41, 5.74) is 1.05.